The normalized spacial score (nSPS) is 10.8. The van der Waals surface area contributed by atoms with Gasteiger partial charge in [0.25, 0.3) is 0 Å². The summed E-state index contributed by atoms with van der Waals surface area (Å²) in [6, 6.07) is 3.07. The van der Waals surface area contributed by atoms with Gasteiger partial charge in [-0.25, -0.2) is 0 Å². The van der Waals surface area contributed by atoms with Crippen LogP contribution in [0.15, 0.2) is 29.3 Å². The molecule has 0 N–H and O–H groups in total. The summed E-state index contributed by atoms with van der Waals surface area (Å²) < 4.78 is 3.70. The molecule has 0 aromatic carbocycles. The highest BCUT2D eigenvalue weighted by molar-refractivity contribution is 6.31. The fourth-order valence-electron chi connectivity index (χ4n) is 1.71. The molecule has 90 valence electrons. The van der Waals surface area contributed by atoms with E-state index in [-0.39, 0.29) is 5.43 Å². The van der Waals surface area contributed by atoms with Gasteiger partial charge in [0.1, 0.15) is 0 Å². The average Bonchev–Trinajstić information content (AvgIpc) is 2.59. The molecule has 0 amide bonds. The summed E-state index contributed by atoms with van der Waals surface area (Å²) in [5.74, 6) is 0. The molecule has 0 saturated heterocycles. The second-order valence-corrected chi connectivity index (χ2v) is 4.27. The number of aromatic nitrogens is 3. The highest BCUT2D eigenvalue weighted by Crippen LogP contribution is 2.21. The molecule has 2 rings (SSSR count). The topological polar surface area (TPSA) is 39.8 Å². The number of hydrogen-bond acceptors (Lipinski definition) is 2. The summed E-state index contributed by atoms with van der Waals surface area (Å²) in [6.45, 7) is 2.64. The van der Waals surface area contributed by atoms with E-state index in [9.17, 15) is 4.79 Å². The van der Waals surface area contributed by atoms with Crippen molar-refractivity contribution < 1.29 is 0 Å². The first-order valence-electron chi connectivity index (χ1n) is 5.48. The van der Waals surface area contributed by atoms with Gasteiger partial charge in [-0.2, -0.15) is 5.10 Å². The van der Waals surface area contributed by atoms with Crippen molar-refractivity contribution in [1.29, 1.82) is 0 Å². The molecule has 17 heavy (non-hydrogen) atoms. The maximum Gasteiger partial charge on any atom is 0.181 e. The van der Waals surface area contributed by atoms with Crippen LogP contribution in [0.25, 0.3) is 0 Å². The number of halogens is 1. The zero-order valence-corrected chi connectivity index (χ0v) is 10.6. The number of hydrogen-bond donors (Lipinski definition) is 0. The van der Waals surface area contributed by atoms with Crippen LogP contribution in [0.2, 0.25) is 5.02 Å². The molecule has 2 aromatic heterocycles. The monoisotopic (exact) mass is 251 g/mol. The zero-order valence-electron chi connectivity index (χ0n) is 9.85. The lowest BCUT2D eigenvalue weighted by Crippen LogP contribution is -2.08. The lowest BCUT2D eigenvalue weighted by atomic mass is 10.3. The minimum Gasteiger partial charge on any atom is -0.348 e. The first-order valence-corrected chi connectivity index (χ1v) is 5.86. The summed E-state index contributed by atoms with van der Waals surface area (Å²) in [4.78, 5) is 11.0. The standard InChI is InChI=1S/C12H14ClN3O/c1-3-10-12(13)11(15(2)14-10)8-16-6-4-9(17)5-7-16/h4-7H,3,8H2,1-2H3. The van der Waals surface area contributed by atoms with Crippen molar-refractivity contribution in [3.63, 3.8) is 0 Å². The molecule has 2 aromatic rings. The Balaban J connectivity index is 2.32. The Morgan fingerprint density at radius 3 is 2.53 bits per heavy atom. The maximum absolute atomic E-state index is 11.0. The van der Waals surface area contributed by atoms with Gasteiger partial charge in [-0.1, -0.05) is 18.5 Å². The van der Waals surface area contributed by atoms with Crippen molar-refractivity contribution >= 4 is 11.6 Å². The van der Waals surface area contributed by atoms with Crippen molar-refractivity contribution in [3.8, 4) is 0 Å². The summed E-state index contributed by atoms with van der Waals surface area (Å²) in [6.07, 6.45) is 4.31. The number of nitrogens with zero attached hydrogens (tertiary/aromatic N) is 3. The Hall–Kier alpha value is -1.55. The molecule has 0 unspecified atom stereocenters. The Morgan fingerprint density at radius 2 is 2.00 bits per heavy atom. The fourth-order valence-corrected chi connectivity index (χ4v) is 2.07. The number of pyridine rings is 1. The van der Waals surface area contributed by atoms with E-state index >= 15 is 0 Å². The minimum absolute atomic E-state index is 0.00611. The predicted octanol–water partition coefficient (Wildman–Crippen LogP) is 1.85. The van der Waals surface area contributed by atoms with Crippen molar-refractivity contribution in [2.45, 2.75) is 19.9 Å². The maximum atomic E-state index is 11.0. The lowest BCUT2D eigenvalue weighted by Gasteiger charge is -2.06. The molecular weight excluding hydrogens is 238 g/mol. The SMILES string of the molecule is CCc1nn(C)c(Cn2ccc(=O)cc2)c1Cl. The van der Waals surface area contributed by atoms with Gasteiger partial charge in [0, 0.05) is 31.6 Å². The molecule has 0 fully saturated rings. The lowest BCUT2D eigenvalue weighted by molar-refractivity contribution is 0.658. The molecule has 0 aliphatic heterocycles. The Labute approximate surface area is 104 Å². The van der Waals surface area contributed by atoms with Gasteiger partial charge in [-0.3, -0.25) is 9.48 Å². The molecular formula is C12H14ClN3O. The Morgan fingerprint density at radius 1 is 1.35 bits per heavy atom. The first kappa shape index (κ1) is 11.9. The van der Waals surface area contributed by atoms with E-state index in [0.717, 1.165) is 17.8 Å². The van der Waals surface area contributed by atoms with Crippen LogP contribution in [-0.4, -0.2) is 14.3 Å². The van der Waals surface area contributed by atoms with Gasteiger partial charge in [0.2, 0.25) is 0 Å². The van der Waals surface area contributed by atoms with Crippen molar-refractivity contribution in [2.75, 3.05) is 0 Å². The molecule has 0 atom stereocenters. The Bertz CT molecular complexity index is 565. The molecule has 0 radical (unpaired) electrons. The van der Waals surface area contributed by atoms with Crippen molar-refractivity contribution in [3.05, 3.63) is 51.2 Å². The summed E-state index contributed by atoms with van der Waals surface area (Å²) in [5, 5.41) is 5.07. The smallest absolute Gasteiger partial charge is 0.181 e. The summed E-state index contributed by atoms with van der Waals surface area (Å²) in [5.41, 5.74) is 1.86. The van der Waals surface area contributed by atoms with E-state index in [1.807, 2.05) is 18.5 Å². The van der Waals surface area contributed by atoms with Gasteiger partial charge in [0.15, 0.2) is 5.43 Å². The fraction of sp³-hybridized carbons (Fsp3) is 0.333. The van der Waals surface area contributed by atoms with Crippen LogP contribution in [-0.2, 0) is 20.0 Å². The summed E-state index contributed by atoms with van der Waals surface area (Å²) >= 11 is 6.25. The van der Waals surface area contributed by atoms with E-state index < -0.39 is 0 Å². The van der Waals surface area contributed by atoms with Gasteiger partial charge < -0.3 is 4.57 Å². The third-order valence-corrected chi connectivity index (χ3v) is 3.13. The van der Waals surface area contributed by atoms with Gasteiger partial charge in [-0.05, 0) is 6.42 Å². The largest absolute Gasteiger partial charge is 0.348 e. The average molecular weight is 252 g/mol. The quantitative estimate of drug-likeness (QED) is 0.835. The molecule has 2 heterocycles. The molecule has 0 bridgehead atoms. The molecule has 5 heteroatoms. The molecule has 0 aliphatic carbocycles. The molecule has 0 saturated carbocycles. The van der Waals surface area contributed by atoms with E-state index in [1.165, 1.54) is 12.1 Å². The van der Waals surface area contributed by atoms with Crippen LogP contribution in [0.4, 0.5) is 0 Å². The summed E-state index contributed by atoms with van der Waals surface area (Å²) in [7, 11) is 1.88. The highest BCUT2D eigenvalue weighted by atomic mass is 35.5. The van der Waals surface area contributed by atoms with Crippen LogP contribution in [0.3, 0.4) is 0 Å². The van der Waals surface area contributed by atoms with Gasteiger partial charge in [0.05, 0.1) is 23.0 Å². The second-order valence-electron chi connectivity index (χ2n) is 3.89. The van der Waals surface area contributed by atoms with Crippen LogP contribution in [0.5, 0.6) is 0 Å². The third-order valence-electron chi connectivity index (χ3n) is 2.70. The van der Waals surface area contributed by atoms with E-state index in [1.54, 1.807) is 17.1 Å². The first-order chi connectivity index (χ1) is 8.11. The molecule has 0 spiro atoms. The van der Waals surface area contributed by atoms with Crippen molar-refractivity contribution in [2.24, 2.45) is 7.05 Å². The number of rotatable bonds is 3. The number of aryl methyl sites for hydroxylation is 2. The van der Waals surface area contributed by atoms with E-state index in [0.29, 0.717) is 11.6 Å². The predicted molar refractivity (Wildman–Crippen MR) is 67.4 cm³/mol. The van der Waals surface area contributed by atoms with E-state index in [4.69, 9.17) is 11.6 Å². The minimum atomic E-state index is 0.00611. The van der Waals surface area contributed by atoms with E-state index in [2.05, 4.69) is 5.10 Å². The van der Waals surface area contributed by atoms with Gasteiger partial charge >= 0.3 is 0 Å². The zero-order chi connectivity index (χ0) is 12.4. The van der Waals surface area contributed by atoms with Gasteiger partial charge in [-0.15, -0.1) is 0 Å². The van der Waals surface area contributed by atoms with Crippen LogP contribution in [0, 0.1) is 0 Å². The third kappa shape index (κ3) is 2.42. The highest BCUT2D eigenvalue weighted by Gasteiger charge is 2.12. The van der Waals surface area contributed by atoms with Crippen LogP contribution >= 0.6 is 11.6 Å². The Kier molecular flexibility index (Phi) is 3.33. The van der Waals surface area contributed by atoms with Crippen LogP contribution in [0.1, 0.15) is 18.3 Å². The molecule has 0 aliphatic rings. The second kappa shape index (κ2) is 4.75. The molecule has 4 nitrogen and oxygen atoms in total. The van der Waals surface area contributed by atoms with Crippen LogP contribution < -0.4 is 5.43 Å². The van der Waals surface area contributed by atoms with Crippen molar-refractivity contribution in [1.82, 2.24) is 14.3 Å².